The second-order valence-corrected chi connectivity index (χ2v) is 5.13. The van der Waals surface area contributed by atoms with Gasteiger partial charge in [-0.25, -0.2) is 0 Å². The van der Waals surface area contributed by atoms with Crippen molar-refractivity contribution in [2.45, 2.75) is 38.9 Å². The Labute approximate surface area is 102 Å². The van der Waals surface area contributed by atoms with E-state index in [0.29, 0.717) is 18.9 Å². The van der Waals surface area contributed by atoms with Crippen LogP contribution in [0.5, 0.6) is 0 Å². The highest BCUT2D eigenvalue weighted by molar-refractivity contribution is 5.76. The van der Waals surface area contributed by atoms with Crippen molar-refractivity contribution >= 4 is 5.91 Å². The fourth-order valence-corrected chi connectivity index (χ4v) is 2.32. The molecule has 1 heterocycles. The van der Waals surface area contributed by atoms with Crippen molar-refractivity contribution in [2.24, 2.45) is 5.92 Å². The Kier molecular flexibility index (Phi) is 2.85. The van der Waals surface area contributed by atoms with Gasteiger partial charge in [0.25, 0.3) is 0 Å². The average molecular weight is 230 g/mol. The van der Waals surface area contributed by atoms with E-state index in [0.717, 1.165) is 13.1 Å². The molecule has 3 rings (SSSR count). The van der Waals surface area contributed by atoms with Crippen LogP contribution in [-0.2, 0) is 24.4 Å². The highest BCUT2D eigenvalue weighted by Gasteiger charge is 2.24. The molecule has 1 saturated carbocycles. The highest BCUT2D eigenvalue weighted by atomic mass is 16.1. The summed E-state index contributed by atoms with van der Waals surface area (Å²) in [6.45, 7) is 2.60. The number of amides is 1. The Morgan fingerprint density at radius 1 is 1.29 bits per heavy atom. The van der Waals surface area contributed by atoms with Crippen LogP contribution in [0.4, 0.5) is 0 Å². The van der Waals surface area contributed by atoms with Crippen LogP contribution in [0, 0.1) is 5.92 Å². The molecule has 0 saturated heterocycles. The molecule has 0 spiro atoms. The minimum atomic E-state index is 0.200. The summed E-state index contributed by atoms with van der Waals surface area (Å²) >= 11 is 0. The first kappa shape index (κ1) is 10.8. The minimum Gasteiger partial charge on any atom is -0.352 e. The lowest BCUT2D eigenvalue weighted by Crippen LogP contribution is -2.22. The number of fused-ring (bicyclic) bond motifs is 1. The van der Waals surface area contributed by atoms with Gasteiger partial charge in [-0.3, -0.25) is 4.79 Å². The van der Waals surface area contributed by atoms with Crippen LogP contribution < -0.4 is 10.6 Å². The Bertz CT molecular complexity index is 438. The number of carbonyl (C=O) groups excluding carboxylic acids is 1. The lowest BCUT2D eigenvalue weighted by atomic mass is 10.1. The monoisotopic (exact) mass is 230 g/mol. The standard InChI is InChI=1S/C14H18N2O/c17-14(6-10-1-2-10)16-7-11-3-4-12-8-15-9-13(12)5-11/h3-5,10,15H,1-2,6-9H2,(H,16,17). The van der Waals surface area contributed by atoms with Crippen molar-refractivity contribution in [2.75, 3.05) is 0 Å². The second-order valence-electron chi connectivity index (χ2n) is 5.13. The summed E-state index contributed by atoms with van der Waals surface area (Å²) in [7, 11) is 0. The van der Waals surface area contributed by atoms with Crippen LogP contribution in [-0.4, -0.2) is 5.91 Å². The normalized spacial score (nSPS) is 17.9. The first-order chi connectivity index (χ1) is 8.31. The largest absolute Gasteiger partial charge is 0.352 e. The van der Waals surface area contributed by atoms with Gasteiger partial charge in [0.15, 0.2) is 0 Å². The molecule has 1 fully saturated rings. The van der Waals surface area contributed by atoms with Crippen molar-refractivity contribution in [3.05, 3.63) is 34.9 Å². The van der Waals surface area contributed by atoms with Crippen molar-refractivity contribution in [3.8, 4) is 0 Å². The molecule has 0 aromatic heterocycles. The maximum absolute atomic E-state index is 11.6. The molecule has 1 aliphatic carbocycles. The zero-order chi connectivity index (χ0) is 11.7. The molecular weight excluding hydrogens is 212 g/mol. The summed E-state index contributed by atoms with van der Waals surface area (Å²) in [5.41, 5.74) is 3.97. The smallest absolute Gasteiger partial charge is 0.220 e. The van der Waals surface area contributed by atoms with Crippen molar-refractivity contribution in [1.82, 2.24) is 10.6 Å². The van der Waals surface area contributed by atoms with Gasteiger partial charge in [-0.2, -0.15) is 0 Å². The Hall–Kier alpha value is -1.35. The molecule has 0 radical (unpaired) electrons. The van der Waals surface area contributed by atoms with Gasteiger partial charge in [0.1, 0.15) is 0 Å². The van der Waals surface area contributed by atoms with Crippen molar-refractivity contribution < 1.29 is 4.79 Å². The van der Waals surface area contributed by atoms with E-state index in [4.69, 9.17) is 0 Å². The zero-order valence-corrected chi connectivity index (χ0v) is 9.96. The van der Waals surface area contributed by atoms with Gasteiger partial charge in [-0.1, -0.05) is 18.2 Å². The van der Waals surface area contributed by atoms with E-state index >= 15 is 0 Å². The predicted molar refractivity (Wildman–Crippen MR) is 66.2 cm³/mol. The molecule has 2 N–H and O–H groups in total. The molecule has 0 bridgehead atoms. The third kappa shape index (κ3) is 2.67. The molecule has 3 heteroatoms. The fourth-order valence-electron chi connectivity index (χ4n) is 2.32. The van der Waals surface area contributed by atoms with E-state index < -0.39 is 0 Å². The van der Waals surface area contributed by atoms with E-state index in [1.165, 1.54) is 29.5 Å². The molecule has 1 aromatic carbocycles. The quantitative estimate of drug-likeness (QED) is 0.826. The van der Waals surface area contributed by atoms with E-state index in [2.05, 4.69) is 28.8 Å². The number of hydrogen-bond acceptors (Lipinski definition) is 2. The van der Waals surface area contributed by atoms with Crippen molar-refractivity contribution in [3.63, 3.8) is 0 Å². The Morgan fingerprint density at radius 2 is 2.12 bits per heavy atom. The maximum atomic E-state index is 11.6. The lowest BCUT2D eigenvalue weighted by Gasteiger charge is -2.06. The molecule has 3 nitrogen and oxygen atoms in total. The van der Waals surface area contributed by atoms with E-state index in [1.54, 1.807) is 0 Å². The third-order valence-electron chi connectivity index (χ3n) is 3.56. The van der Waals surface area contributed by atoms with Gasteiger partial charge in [0, 0.05) is 26.1 Å². The second kappa shape index (κ2) is 4.49. The summed E-state index contributed by atoms with van der Waals surface area (Å²) in [5.74, 6) is 0.866. The lowest BCUT2D eigenvalue weighted by molar-refractivity contribution is -0.121. The number of rotatable bonds is 4. The van der Waals surface area contributed by atoms with Crippen LogP contribution in [0.15, 0.2) is 18.2 Å². The van der Waals surface area contributed by atoms with Crippen LogP contribution in [0.2, 0.25) is 0 Å². The number of hydrogen-bond donors (Lipinski definition) is 2. The SMILES string of the molecule is O=C(CC1CC1)NCc1ccc2c(c1)CNC2. The van der Waals surface area contributed by atoms with Gasteiger partial charge >= 0.3 is 0 Å². The van der Waals surface area contributed by atoms with Gasteiger partial charge in [0.2, 0.25) is 5.91 Å². The average Bonchev–Trinajstić information content (AvgIpc) is 3.01. The highest BCUT2D eigenvalue weighted by Crippen LogP contribution is 2.32. The molecular formula is C14H18N2O. The zero-order valence-electron chi connectivity index (χ0n) is 9.96. The summed E-state index contributed by atoms with van der Waals surface area (Å²) in [6.07, 6.45) is 3.18. The fraction of sp³-hybridized carbons (Fsp3) is 0.500. The number of nitrogens with one attached hydrogen (secondary N) is 2. The molecule has 1 amide bonds. The van der Waals surface area contributed by atoms with Gasteiger partial charge in [-0.05, 0) is 35.4 Å². The van der Waals surface area contributed by atoms with Gasteiger partial charge < -0.3 is 10.6 Å². The summed E-state index contributed by atoms with van der Waals surface area (Å²) in [4.78, 5) is 11.6. The van der Waals surface area contributed by atoms with Crippen LogP contribution in [0.3, 0.4) is 0 Å². The predicted octanol–water partition coefficient (Wildman–Crippen LogP) is 1.71. The Balaban J connectivity index is 1.55. The van der Waals surface area contributed by atoms with Crippen LogP contribution in [0.25, 0.3) is 0 Å². The van der Waals surface area contributed by atoms with Crippen molar-refractivity contribution in [1.29, 1.82) is 0 Å². The molecule has 90 valence electrons. The van der Waals surface area contributed by atoms with E-state index in [-0.39, 0.29) is 5.91 Å². The summed E-state index contributed by atoms with van der Waals surface area (Å²) in [5, 5.41) is 6.33. The minimum absolute atomic E-state index is 0.200. The molecule has 1 aromatic rings. The Morgan fingerprint density at radius 3 is 2.94 bits per heavy atom. The van der Waals surface area contributed by atoms with Crippen LogP contribution in [0.1, 0.15) is 36.0 Å². The van der Waals surface area contributed by atoms with E-state index in [9.17, 15) is 4.79 Å². The van der Waals surface area contributed by atoms with Gasteiger partial charge in [0.05, 0.1) is 0 Å². The first-order valence-electron chi connectivity index (χ1n) is 6.39. The molecule has 17 heavy (non-hydrogen) atoms. The topological polar surface area (TPSA) is 41.1 Å². The number of carbonyl (C=O) groups is 1. The van der Waals surface area contributed by atoms with Crippen LogP contribution >= 0.6 is 0 Å². The van der Waals surface area contributed by atoms with E-state index in [1.807, 2.05) is 0 Å². The van der Waals surface area contributed by atoms with Gasteiger partial charge in [-0.15, -0.1) is 0 Å². The molecule has 2 aliphatic rings. The summed E-state index contributed by atoms with van der Waals surface area (Å²) < 4.78 is 0. The maximum Gasteiger partial charge on any atom is 0.220 e. The first-order valence-corrected chi connectivity index (χ1v) is 6.39. The molecule has 1 aliphatic heterocycles. The molecule has 0 unspecified atom stereocenters. The summed E-state index contributed by atoms with van der Waals surface area (Å²) in [6, 6.07) is 6.48. The number of benzene rings is 1. The third-order valence-corrected chi connectivity index (χ3v) is 3.56. The molecule has 0 atom stereocenters.